The molecule has 0 bridgehead atoms. The Bertz CT molecular complexity index is 2180. The molecule has 0 saturated carbocycles. The topological polar surface area (TPSA) is 98.0 Å². The van der Waals surface area contributed by atoms with Crippen LogP contribution in [0.4, 0.5) is 0 Å². The van der Waals surface area contributed by atoms with Crippen molar-refractivity contribution in [3.05, 3.63) is 116 Å². The van der Waals surface area contributed by atoms with E-state index >= 15 is 0 Å². The fourth-order valence-electron chi connectivity index (χ4n) is 8.29. The molecule has 2 atom stereocenters. The monoisotopic (exact) mass is 756 g/mol. The number of H-pyrrole nitrogens is 2. The highest BCUT2D eigenvalue weighted by Gasteiger charge is 2.33. The van der Waals surface area contributed by atoms with Gasteiger partial charge in [0.1, 0.15) is 11.6 Å². The number of likely N-dealkylation sites (tertiary alicyclic amines) is 2. The number of carbonyl (C=O) groups is 2. The molecule has 4 aromatic heterocycles. The highest BCUT2D eigenvalue weighted by Crippen LogP contribution is 2.37. The van der Waals surface area contributed by atoms with Gasteiger partial charge in [-0.15, -0.1) is 0 Å². The summed E-state index contributed by atoms with van der Waals surface area (Å²) in [4.78, 5) is 47.2. The number of thiophene rings is 2. The van der Waals surface area contributed by atoms with Crippen LogP contribution >= 0.6 is 22.7 Å². The number of amides is 2. The van der Waals surface area contributed by atoms with Gasteiger partial charge in [0.2, 0.25) is 11.8 Å². The first-order chi connectivity index (χ1) is 26.4. The van der Waals surface area contributed by atoms with Crippen molar-refractivity contribution in [3.63, 3.8) is 0 Å². The van der Waals surface area contributed by atoms with E-state index in [0.29, 0.717) is 12.8 Å². The fourth-order valence-corrected chi connectivity index (χ4v) is 9.70. The van der Waals surface area contributed by atoms with E-state index < -0.39 is 0 Å². The lowest BCUT2D eigenvalue weighted by atomic mass is 9.92. The first-order valence-corrected chi connectivity index (χ1v) is 21.2. The van der Waals surface area contributed by atoms with Gasteiger partial charge in [-0.1, -0.05) is 36.4 Å². The Hall–Kier alpha value is -4.80. The molecule has 0 radical (unpaired) electrons. The zero-order chi connectivity index (χ0) is 37.0. The molecule has 6 heterocycles. The smallest absolute Gasteiger partial charge is 0.223 e. The van der Waals surface area contributed by atoms with Crippen LogP contribution in [0.25, 0.3) is 33.6 Å². The molecule has 2 aliphatic rings. The summed E-state index contributed by atoms with van der Waals surface area (Å²) in [6.07, 6.45) is 12.5. The van der Waals surface area contributed by atoms with Crippen LogP contribution in [0.3, 0.4) is 0 Å². The van der Waals surface area contributed by atoms with Gasteiger partial charge in [0.25, 0.3) is 0 Å². The minimum atomic E-state index is 0.00348. The molecule has 278 valence electrons. The molecule has 0 spiro atoms. The van der Waals surface area contributed by atoms with E-state index in [4.69, 9.17) is 9.97 Å². The highest BCUT2D eigenvalue weighted by molar-refractivity contribution is 7.08. The molecule has 2 saturated heterocycles. The second kappa shape index (κ2) is 16.3. The summed E-state index contributed by atoms with van der Waals surface area (Å²) in [5.41, 5.74) is 11.6. The summed E-state index contributed by atoms with van der Waals surface area (Å²) in [6.45, 7) is 5.95. The molecule has 2 aliphatic heterocycles. The summed E-state index contributed by atoms with van der Waals surface area (Å²) in [6, 6.07) is 17.3. The van der Waals surface area contributed by atoms with Gasteiger partial charge in [0.15, 0.2) is 0 Å². The number of nitrogens with zero attached hydrogens (tertiary/aromatic N) is 4. The minimum Gasteiger partial charge on any atom is -0.340 e. The van der Waals surface area contributed by atoms with Crippen LogP contribution < -0.4 is 0 Å². The van der Waals surface area contributed by atoms with E-state index in [2.05, 4.69) is 93.9 Å². The first-order valence-electron chi connectivity index (χ1n) is 19.3. The number of nitrogens with one attached hydrogen (secondary N) is 2. The molecule has 2 fully saturated rings. The van der Waals surface area contributed by atoms with Crippen LogP contribution in [0.15, 0.2) is 82.4 Å². The summed E-state index contributed by atoms with van der Waals surface area (Å²) >= 11 is 3.42. The third-order valence-electron chi connectivity index (χ3n) is 11.4. The van der Waals surface area contributed by atoms with Crippen molar-refractivity contribution in [1.29, 1.82) is 0 Å². The standard InChI is InChI=1S/C44H48N6O2S2/c1-29-30(2)36(38-26-46-44(48-38)40-10-6-22-50(40)42(52)12-4-8-32-20-24-54-28-32)18-17-35(29)33-13-15-34(16-14-33)37-25-45-43(47-37)39-9-5-21-49(39)41(51)11-3-7-31-19-23-53-27-31/h13-20,23-28,39-40H,3-12,21-22H2,1-2H3,(H,45,47)(H,46,48)/t39?,40-/m0/s1. The Kier molecular flexibility index (Phi) is 10.9. The number of aromatic nitrogens is 4. The lowest BCUT2D eigenvalue weighted by molar-refractivity contribution is -0.133. The third kappa shape index (κ3) is 7.72. The molecule has 10 heteroatoms. The van der Waals surface area contributed by atoms with Crippen LogP contribution in [0.2, 0.25) is 0 Å². The van der Waals surface area contributed by atoms with Crippen LogP contribution in [-0.4, -0.2) is 54.6 Å². The largest absolute Gasteiger partial charge is 0.340 e. The predicted molar refractivity (Wildman–Crippen MR) is 218 cm³/mol. The molecule has 2 amide bonds. The van der Waals surface area contributed by atoms with Gasteiger partial charge in [0.05, 0.1) is 35.9 Å². The van der Waals surface area contributed by atoms with Gasteiger partial charge < -0.3 is 19.8 Å². The van der Waals surface area contributed by atoms with Crippen molar-refractivity contribution in [2.45, 2.75) is 90.1 Å². The number of imidazole rings is 2. The molecule has 2 N–H and O–H groups in total. The van der Waals surface area contributed by atoms with Gasteiger partial charge in [-0.05, 0) is 138 Å². The van der Waals surface area contributed by atoms with Crippen LogP contribution in [-0.2, 0) is 22.4 Å². The maximum absolute atomic E-state index is 13.2. The van der Waals surface area contributed by atoms with Gasteiger partial charge >= 0.3 is 0 Å². The number of hydrogen-bond donors (Lipinski definition) is 2. The highest BCUT2D eigenvalue weighted by atomic mass is 32.1. The summed E-state index contributed by atoms with van der Waals surface area (Å²) in [5.74, 6) is 2.20. The number of aromatic amines is 2. The molecule has 1 unspecified atom stereocenters. The number of carbonyl (C=O) groups excluding carboxylic acids is 2. The number of rotatable bonds is 13. The van der Waals surface area contributed by atoms with Gasteiger partial charge in [-0.25, -0.2) is 9.97 Å². The van der Waals surface area contributed by atoms with Crippen molar-refractivity contribution < 1.29 is 9.59 Å². The normalized spacial score (nSPS) is 17.1. The molecule has 8 rings (SSSR count). The second-order valence-electron chi connectivity index (χ2n) is 14.8. The molecule has 54 heavy (non-hydrogen) atoms. The van der Waals surface area contributed by atoms with Crippen molar-refractivity contribution >= 4 is 34.5 Å². The van der Waals surface area contributed by atoms with E-state index in [9.17, 15) is 9.59 Å². The van der Waals surface area contributed by atoms with Crippen LogP contribution in [0, 0.1) is 13.8 Å². The Morgan fingerprint density at radius 2 is 1.17 bits per heavy atom. The number of benzene rings is 2. The Balaban J connectivity index is 0.907. The van der Waals surface area contributed by atoms with Crippen LogP contribution in [0.5, 0.6) is 0 Å². The molecule has 6 aromatic rings. The summed E-state index contributed by atoms with van der Waals surface area (Å²) in [7, 11) is 0. The van der Waals surface area contributed by atoms with Gasteiger partial charge in [-0.2, -0.15) is 22.7 Å². The predicted octanol–water partition coefficient (Wildman–Crippen LogP) is 10.2. The number of hydrogen-bond acceptors (Lipinski definition) is 6. The average molecular weight is 757 g/mol. The minimum absolute atomic E-state index is 0.00348. The van der Waals surface area contributed by atoms with Gasteiger partial charge in [-0.3, -0.25) is 9.59 Å². The third-order valence-corrected chi connectivity index (χ3v) is 12.9. The fraction of sp³-hybridized carbons (Fsp3) is 0.364. The molecule has 8 nitrogen and oxygen atoms in total. The van der Waals surface area contributed by atoms with E-state index in [1.165, 1.54) is 27.8 Å². The SMILES string of the molecule is Cc1c(-c2ccc(-c3cnc(C4CCCN4C(=O)CCCc4ccsc4)[nH]3)cc2)ccc(-c2cnc([C@@H]3CCCN3C(=O)CCCc3ccsc3)[nH]2)c1C. The molecule has 0 aliphatic carbocycles. The second-order valence-corrected chi connectivity index (χ2v) is 16.4. The van der Waals surface area contributed by atoms with Crippen molar-refractivity contribution in [2.24, 2.45) is 0 Å². The Morgan fingerprint density at radius 1 is 0.667 bits per heavy atom. The van der Waals surface area contributed by atoms with E-state index in [-0.39, 0.29) is 23.9 Å². The van der Waals surface area contributed by atoms with Crippen molar-refractivity contribution in [1.82, 2.24) is 29.7 Å². The zero-order valence-corrected chi connectivity index (χ0v) is 32.8. The van der Waals surface area contributed by atoms with Crippen molar-refractivity contribution in [3.8, 4) is 33.6 Å². The summed E-state index contributed by atoms with van der Waals surface area (Å²) < 4.78 is 0. The van der Waals surface area contributed by atoms with Crippen LogP contribution in [0.1, 0.15) is 97.4 Å². The molecular weight excluding hydrogens is 709 g/mol. The van der Waals surface area contributed by atoms with E-state index in [1.54, 1.807) is 22.7 Å². The first kappa shape index (κ1) is 36.2. The average Bonchev–Trinajstić information content (AvgIpc) is 4.03. The molecule has 2 aromatic carbocycles. The van der Waals surface area contributed by atoms with E-state index in [1.807, 2.05) is 22.2 Å². The maximum atomic E-state index is 13.2. The lowest BCUT2D eigenvalue weighted by Gasteiger charge is -2.23. The Labute approximate surface area is 325 Å². The quantitative estimate of drug-likeness (QED) is 0.123. The van der Waals surface area contributed by atoms with Crippen molar-refractivity contribution in [2.75, 3.05) is 13.1 Å². The summed E-state index contributed by atoms with van der Waals surface area (Å²) in [5, 5.41) is 8.53. The van der Waals surface area contributed by atoms with Gasteiger partial charge in [0, 0.05) is 31.5 Å². The maximum Gasteiger partial charge on any atom is 0.223 e. The zero-order valence-electron chi connectivity index (χ0n) is 31.1. The Morgan fingerprint density at radius 3 is 1.72 bits per heavy atom. The number of aryl methyl sites for hydroxylation is 2. The lowest BCUT2D eigenvalue weighted by Crippen LogP contribution is -2.31. The van der Waals surface area contributed by atoms with E-state index in [0.717, 1.165) is 104 Å². The molecular formula is C44H48N6O2S2.